The van der Waals surface area contributed by atoms with Crippen LogP contribution in [0.3, 0.4) is 0 Å². The molecule has 0 radical (unpaired) electrons. The Bertz CT molecular complexity index is 519. The number of hydrogen-bond acceptors (Lipinski definition) is 3. The second kappa shape index (κ2) is 9.96. The van der Waals surface area contributed by atoms with Gasteiger partial charge in [0.15, 0.2) is 5.96 Å². The molecule has 4 nitrogen and oxygen atoms in total. The highest BCUT2D eigenvalue weighted by Crippen LogP contribution is 2.31. The summed E-state index contributed by atoms with van der Waals surface area (Å²) >= 11 is 8.04. The zero-order chi connectivity index (χ0) is 16.0. The average Bonchev–Trinajstić information content (AvgIpc) is 2.98. The van der Waals surface area contributed by atoms with Gasteiger partial charge in [0.2, 0.25) is 0 Å². The minimum absolute atomic E-state index is 0. The first-order valence-electron chi connectivity index (χ1n) is 7.50. The van der Waals surface area contributed by atoms with E-state index in [1.807, 2.05) is 30.0 Å². The van der Waals surface area contributed by atoms with Crippen molar-refractivity contribution >= 4 is 53.3 Å². The summed E-state index contributed by atoms with van der Waals surface area (Å²) in [4.78, 5) is 6.65. The number of benzene rings is 1. The van der Waals surface area contributed by atoms with Crippen molar-refractivity contribution in [2.75, 3.05) is 39.2 Å². The summed E-state index contributed by atoms with van der Waals surface area (Å²) < 4.78 is 0. The molecule has 0 aromatic heterocycles. The number of guanidine groups is 1. The van der Waals surface area contributed by atoms with Crippen LogP contribution in [-0.2, 0) is 6.54 Å². The normalized spacial score (nSPS) is 21.2. The lowest BCUT2D eigenvalue weighted by Gasteiger charge is -2.36. The number of nitrogens with one attached hydrogen (secondary N) is 2. The van der Waals surface area contributed by atoms with Gasteiger partial charge < -0.3 is 15.5 Å². The Hall–Kier alpha value is -0.180. The molecule has 0 spiro atoms. The number of aliphatic imine (C=N–C) groups is 1. The van der Waals surface area contributed by atoms with E-state index in [4.69, 9.17) is 11.6 Å². The lowest BCUT2D eigenvalue weighted by molar-refractivity contribution is 0.183. The van der Waals surface area contributed by atoms with Crippen LogP contribution in [0.25, 0.3) is 0 Å². The Morgan fingerprint density at radius 3 is 2.74 bits per heavy atom. The molecule has 130 valence electrons. The van der Waals surface area contributed by atoms with Gasteiger partial charge in [0, 0.05) is 36.5 Å². The number of thioether (sulfide) groups is 1. The first-order valence-corrected chi connectivity index (χ1v) is 9.03. The van der Waals surface area contributed by atoms with E-state index in [9.17, 15) is 0 Å². The van der Waals surface area contributed by atoms with Gasteiger partial charge in [0.25, 0.3) is 0 Å². The molecule has 23 heavy (non-hydrogen) atoms. The zero-order valence-corrected chi connectivity index (χ0v) is 17.8. The molecular weight excluding hydrogens is 443 g/mol. The van der Waals surface area contributed by atoms with Gasteiger partial charge in [-0.1, -0.05) is 23.7 Å². The fourth-order valence-electron chi connectivity index (χ4n) is 2.55. The third kappa shape index (κ3) is 5.99. The maximum Gasteiger partial charge on any atom is 0.191 e. The van der Waals surface area contributed by atoms with Crippen LogP contribution in [0, 0.1) is 0 Å². The molecule has 1 heterocycles. The summed E-state index contributed by atoms with van der Waals surface area (Å²) in [6.07, 6.45) is 1.21. The molecule has 1 saturated heterocycles. The SMILES string of the molecule is CN=C(NCc1cccc(Cl)c1)NCC1(N(C)C)CCSC1.I. The molecule has 0 amide bonds. The lowest BCUT2D eigenvalue weighted by Crippen LogP contribution is -2.54. The van der Waals surface area contributed by atoms with Gasteiger partial charge in [-0.15, -0.1) is 24.0 Å². The van der Waals surface area contributed by atoms with Crippen LogP contribution in [0.5, 0.6) is 0 Å². The van der Waals surface area contributed by atoms with Crippen LogP contribution in [0.4, 0.5) is 0 Å². The highest BCUT2D eigenvalue weighted by atomic mass is 127. The van der Waals surface area contributed by atoms with Crippen molar-refractivity contribution in [1.29, 1.82) is 0 Å². The number of likely N-dealkylation sites (N-methyl/N-ethyl adjacent to an activating group) is 1. The Morgan fingerprint density at radius 2 is 2.17 bits per heavy atom. The van der Waals surface area contributed by atoms with E-state index in [2.05, 4.69) is 40.7 Å². The molecule has 7 heteroatoms. The van der Waals surface area contributed by atoms with E-state index in [1.165, 1.54) is 12.2 Å². The van der Waals surface area contributed by atoms with Crippen LogP contribution < -0.4 is 10.6 Å². The third-order valence-electron chi connectivity index (χ3n) is 4.19. The van der Waals surface area contributed by atoms with Crippen LogP contribution in [-0.4, -0.2) is 55.6 Å². The van der Waals surface area contributed by atoms with Crippen molar-refractivity contribution in [2.45, 2.75) is 18.5 Å². The van der Waals surface area contributed by atoms with Gasteiger partial charge in [-0.25, -0.2) is 0 Å². The molecule has 0 saturated carbocycles. The third-order valence-corrected chi connectivity index (χ3v) is 5.66. The Labute approximate surface area is 165 Å². The van der Waals surface area contributed by atoms with Crippen molar-refractivity contribution in [3.63, 3.8) is 0 Å². The van der Waals surface area contributed by atoms with Crippen molar-refractivity contribution in [3.05, 3.63) is 34.9 Å². The standard InChI is InChI=1S/C16H25ClN4S.HI/c1-18-15(19-10-13-5-4-6-14(17)9-13)20-11-16(21(2)3)7-8-22-12-16;/h4-6,9H,7-8,10-12H2,1-3H3,(H2,18,19,20);1H. The quantitative estimate of drug-likeness (QED) is 0.396. The fraction of sp³-hybridized carbons (Fsp3) is 0.562. The summed E-state index contributed by atoms with van der Waals surface area (Å²) in [6.45, 7) is 1.62. The van der Waals surface area contributed by atoms with Crippen LogP contribution >= 0.6 is 47.3 Å². The van der Waals surface area contributed by atoms with Gasteiger partial charge in [-0.2, -0.15) is 11.8 Å². The minimum Gasteiger partial charge on any atom is -0.355 e. The number of rotatable bonds is 5. The second-order valence-corrected chi connectivity index (χ2v) is 7.37. The Balaban J connectivity index is 0.00000264. The summed E-state index contributed by atoms with van der Waals surface area (Å²) in [6, 6.07) is 7.88. The molecule has 1 unspecified atom stereocenters. The van der Waals surface area contributed by atoms with E-state index in [1.54, 1.807) is 7.05 Å². The fourth-order valence-corrected chi connectivity index (χ4v) is 4.31. The summed E-state index contributed by atoms with van der Waals surface area (Å²) in [5.74, 6) is 3.23. The van der Waals surface area contributed by atoms with Crippen LogP contribution in [0.1, 0.15) is 12.0 Å². The smallest absolute Gasteiger partial charge is 0.191 e. The lowest BCUT2D eigenvalue weighted by atomic mass is 9.97. The molecule has 0 aliphatic carbocycles. The monoisotopic (exact) mass is 468 g/mol. The summed E-state index contributed by atoms with van der Waals surface area (Å²) in [5.41, 5.74) is 1.37. The summed E-state index contributed by atoms with van der Waals surface area (Å²) in [7, 11) is 6.13. The number of hydrogen-bond donors (Lipinski definition) is 2. The van der Waals surface area contributed by atoms with E-state index in [0.29, 0.717) is 6.54 Å². The highest BCUT2D eigenvalue weighted by Gasteiger charge is 2.36. The van der Waals surface area contributed by atoms with E-state index in [-0.39, 0.29) is 29.5 Å². The van der Waals surface area contributed by atoms with E-state index < -0.39 is 0 Å². The predicted molar refractivity (Wildman–Crippen MR) is 113 cm³/mol. The Kier molecular flexibility index (Phi) is 9.03. The van der Waals surface area contributed by atoms with Crippen molar-refractivity contribution in [3.8, 4) is 0 Å². The number of halogens is 2. The first-order chi connectivity index (χ1) is 10.6. The second-order valence-electron chi connectivity index (χ2n) is 5.83. The predicted octanol–water partition coefficient (Wildman–Crippen LogP) is 3.06. The average molecular weight is 469 g/mol. The molecule has 2 rings (SSSR count). The molecule has 2 N–H and O–H groups in total. The molecule has 1 fully saturated rings. The highest BCUT2D eigenvalue weighted by molar-refractivity contribution is 14.0. The Morgan fingerprint density at radius 1 is 1.39 bits per heavy atom. The van der Waals surface area contributed by atoms with Crippen LogP contribution in [0.2, 0.25) is 5.02 Å². The maximum atomic E-state index is 6.01. The van der Waals surface area contributed by atoms with Crippen LogP contribution in [0.15, 0.2) is 29.3 Å². The zero-order valence-electron chi connectivity index (χ0n) is 13.9. The first kappa shape index (κ1) is 20.9. The molecule has 0 bridgehead atoms. The molecular formula is C16H26ClIN4S. The molecule has 1 aromatic carbocycles. The minimum atomic E-state index is 0. The van der Waals surface area contributed by atoms with Gasteiger partial charge in [-0.3, -0.25) is 4.99 Å². The van der Waals surface area contributed by atoms with E-state index in [0.717, 1.165) is 28.8 Å². The molecule has 1 aliphatic rings. The van der Waals surface area contributed by atoms with Crippen molar-refractivity contribution in [1.82, 2.24) is 15.5 Å². The van der Waals surface area contributed by atoms with E-state index >= 15 is 0 Å². The molecule has 1 aromatic rings. The van der Waals surface area contributed by atoms with Crippen molar-refractivity contribution < 1.29 is 0 Å². The van der Waals surface area contributed by atoms with Gasteiger partial charge in [0.05, 0.1) is 0 Å². The van der Waals surface area contributed by atoms with Crippen molar-refractivity contribution in [2.24, 2.45) is 4.99 Å². The van der Waals surface area contributed by atoms with Gasteiger partial charge >= 0.3 is 0 Å². The topological polar surface area (TPSA) is 39.7 Å². The summed E-state index contributed by atoms with van der Waals surface area (Å²) in [5, 5.41) is 7.58. The number of nitrogens with zero attached hydrogens (tertiary/aromatic N) is 2. The molecule has 1 atom stereocenters. The largest absolute Gasteiger partial charge is 0.355 e. The van der Waals surface area contributed by atoms with Gasteiger partial charge in [-0.05, 0) is 44.0 Å². The van der Waals surface area contributed by atoms with Gasteiger partial charge in [0.1, 0.15) is 0 Å². The maximum absolute atomic E-state index is 6.01. The molecule has 1 aliphatic heterocycles.